The van der Waals surface area contributed by atoms with Crippen molar-refractivity contribution in [2.24, 2.45) is 0 Å². The van der Waals surface area contributed by atoms with Crippen molar-refractivity contribution in [2.45, 2.75) is 13.1 Å². The van der Waals surface area contributed by atoms with Crippen molar-refractivity contribution >= 4 is 10.9 Å². The van der Waals surface area contributed by atoms with Crippen molar-refractivity contribution in [1.82, 2.24) is 20.1 Å². The molecular weight excluding hydrogens is 252 g/mol. The van der Waals surface area contributed by atoms with E-state index in [0.717, 1.165) is 29.6 Å². The third-order valence-electron chi connectivity index (χ3n) is 3.22. The number of para-hydroxylation sites is 1. The average Bonchev–Trinajstić information content (AvgIpc) is 2.97. The molecule has 0 atom stereocenters. The van der Waals surface area contributed by atoms with Crippen LogP contribution in [0.5, 0.6) is 0 Å². The van der Waals surface area contributed by atoms with Gasteiger partial charge in [0.1, 0.15) is 0 Å². The molecule has 3 rings (SSSR count). The zero-order valence-electron chi connectivity index (χ0n) is 11.0. The number of hydrogen-bond donors (Lipinski definition) is 2. The lowest BCUT2D eigenvalue weighted by Gasteiger charge is -2.06. The van der Waals surface area contributed by atoms with E-state index in [1.165, 1.54) is 0 Å². The highest BCUT2D eigenvalue weighted by atomic mass is 16.1. The molecule has 102 valence electrons. The van der Waals surface area contributed by atoms with Crippen LogP contribution >= 0.6 is 0 Å². The van der Waals surface area contributed by atoms with E-state index < -0.39 is 0 Å². The van der Waals surface area contributed by atoms with Gasteiger partial charge in [0.2, 0.25) is 0 Å². The minimum absolute atomic E-state index is 0.0321. The normalized spacial score (nSPS) is 11.0. The molecule has 0 aliphatic rings. The first kappa shape index (κ1) is 12.6. The predicted octanol–water partition coefficient (Wildman–Crippen LogP) is 1.51. The lowest BCUT2D eigenvalue weighted by atomic mass is 10.1. The molecule has 2 aromatic heterocycles. The first-order valence-electron chi connectivity index (χ1n) is 6.62. The van der Waals surface area contributed by atoms with Crippen LogP contribution in [0.3, 0.4) is 0 Å². The topological polar surface area (TPSA) is 62.7 Å². The van der Waals surface area contributed by atoms with Gasteiger partial charge in [-0.05, 0) is 23.6 Å². The number of aromatic amines is 1. The van der Waals surface area contributed by atoms with Gasteiger partial charge in [-0.25, -0.2) is 0 Å². The lowest BCUT2D eigenvalue weighted by molar-refractivity contribution is 0.554. The monoisotopic (exact) mass is 268 g/mol. The molecule has 0 fully saturated rings. The Bertz CT molecular complexity index is 746. The second-order valence-corrected chi connectivity index (χ2v) is 4.66. The van der Waals surface area contributed by atoms with Crippen molar-refractivity contribution in [1.29, 1.82) is 0 Å². The molecule has 0 saturated heterocycles. The number of aromatic nitrogens is 3. The molecule has 2 heterocycles. The van der Waals surface area contributed by atoms with Crippen LogP contribution in [0.4, 0.5) is 0 Å². The Labute approximate surface area is 116 Å². The van der Waals surface area contributed by atoms with E-state index in [9.17, 15) is 4.79 Å². The Morgan fingerprint density at radius 3 is 3.00 bits per heavy atom. The molecule has 0 radical (unpaired) electrons. The summed E-state index contributed by atoms with van der Waals surface area (Å²) in [5.41, 5.74) is 1.59. The number of nitrogens with zero attached hydrogens (tertiary/aromatic N) is 2. The quantitative estimate of drug-likeness (QED) is 0.690. The SMILES string of the molecule is O=c1[nH]c2ccccc2cc1CNCCn1cccn1. The number of pyridine rings is 1. The molecular formula is C15H16N4O. The molecule has 0 unspecified atom stereocenters. The summed E-state index contributed by atoms with van der Waals surface area (Å²) in [5.74, 6) is 0. The van der Waals surface area contributed by atoms with Crippen molar-refractivity contribution < 1.29 is 0 Å². The summed E-state index contributed by atoms with van der Waals surface area (Å²) in [5, 5.41) is 8.44. The van der Waals surface area contributed by atoms with Gasteiger partial charge in [-0.15, -0.1) is 0 Å². The zero-order chi connectivity index (χ0) is 13.8. The molecule has 20 heavy (non-hydrogen) atoms. The largest absolute Gasteiger partial charge is 0.322 e. The fourth-order valence-electron chi connectivity index (χ4n) is 2.17. The number of rotatable bonds is 5. The average molecular weight is 268 g/mol. The Kier molecular flexibility index (Phi) is 3.60. The lowest BCUT2D eigenvalue weighted by Crippen LogP contribution is -2.24. The van der Waals surface area contributed by atoms with Gasteiger partial charge >= 0.3 is 0 Å². The first-order valence-corrected chi connectivity index (χ1v) is 6.62. The molecule has 5 nitrogen and oxygen atoms in total. The Morgan fingerprint density at radius 1 is 1.25 bits per heavy atom. The summed E-state index contributed by atoms with van der Waals surface area (Å²) in [4.78, 5) is 14.8. The Hall–Kier alpha value is -2.40. The summed E-state index contributed by atoms with van der Waals surface area (Å²) >= 11 is 0. The summed E-state index contributed by atoms with van der Waals surface area (Å²) in [7, 11) is 0. The van der Waals surface area contributed by atoms with Crippen LogP contribution in [-0.4, -0.2) is 21.3 Å². The molecule has 0 spiro atoms. The van der Waals surface area contributed by atoms with E-state index in [0.29, 0.717) is 6.54 Å². The van der Waals surface area contributed by atoms with E-state index in [1.807, 2.05) is 47.3 Å². The maximum absolute atomic E-state index is 11.9. The maximum atomic E-state index is 11.9. The van der Waals surface area contributed by atoms with Gasteiger partial charge in [-0.2, -0.15) is 5.10 Å². The molecule has 0 aliphatic carbocycles. The minimum atomic E-state index is -0.0321. The van der Waals surface area contributed by atoms with Crippen molar-refractivity contribution in [3.63, 3.8) is 0 Å². The maximum Gasteiger partial charge on any atom is 0.252 e. The van der Waals surface area contributed by atoms with E-state index in [2.05, 4.69) is 15.4 Å². The van der Waals surface area contributed by atoms with E-state index in [4.69, 9.17) is 0 Å². The zero-order valence-corrected chi connectivity index (χ0v) is 11.0. The van der Waals surface area contributed by atoms with Crippen molar-refractivity contribution in [3.05, 3.63) is 64.7 Å². The molecule has 2 N–H and O–H groups in total. The number of fused-ring (bicyclic) bond motifs is 1. The summed E-state index contributed by atoms with van der Waals surface area (Å²) in [6.45, 7) is 2.12. The Morgan fingerprint density at radius 2 is 2.15 bits per heavy atom. The van der Waals surface area contributed by atoms with Crippen LogP contribution in [0.2, 0.25) is 0 Å². The van der Waals surface area contributed by atoms with Gasteiger partial charge in [0.25, 0.3) is 5.56 Å². The van der Waals surface area contributed by atoms with E-state index in [1.54, 1.807) is 6.20 Å². The minimum Gasteiger partial charge on any atom is -0.322 e. The van der Waals surface area contributed by atoms with E-state index >= 15 is 0 Å². The van der Waals surface area contributed by atoms with Gasteiger partial charge in [-0.1, -0.05) is 18.2 Å². The second-order valence-electron chi connectivity index (χ2n) is 4.66. The third kappa shape index (κ3) is 2.78. The van der Waals surface area contributed by atoms with Gasteiger partial charge < -0.3 is 10.3 Å². The van der Waals surface area contributed by atoms with Crippen molar-refractivity contribution in [2.75, 3.05) is 6.54 Å². The smallest absolute Gasteiger partial charge is 0.252 e. The molecule has 0 bridgehead atoms. The van der Waals surface area contributed by atoms with Gasteiger partial charge in [0.05, 0.1) is 6.54 Å². The van der Waals surface area contributed by atoms with E-state index in [-0.39, 0.29) is 5.56 Å². The number of nitrogens with one attached hydrogen (secondary N) is 2. The van der Waals surface area contributed by atoms with Gasteiger partial charge in [0.15, 0.2) is 0 Å². The fourth-order valence-corrected chi connectivity index (χ4v) is 2.17. The van der Waals surface area contributed by atoms with Gasteiger partial charge in [-0.3, -0.25) is 9.48 Å². The third-order valence-corrected chi connectivity index (χ3v) is 3.22. The van der Waals surface area contributed by atoms with Crippen LogP contribution in [0, 0.1) is 0 Å². The number of H-pyrrole nitrogens is 1. The highest BCUT2D eigenvalue weighted by Crippen LogP contribution is 2.09. The standard InChI is InChI=1S/C15H16N4O/c20-15-13(10-12-4-1-2-5-14(12)18-15)11-16-7-9-19-8-3-6-17-19/h1-6,8,10,16H,7,9,11H2,(H,18,20). The summed E-state index contributed by atoms with van der Waals surface area (Å²) < 4.78 is 1.86. The first-order chi connectivity index (χ1) is 9.83. The van der Waals surface area contributed by atoms with Gasteiger partial charge in [0, 0.05) is 36.6 Å². The summed E-state index contributed by atoms with van der Waals surface area (Å²) in [6.07, 6.45) is 3.68. The van der Waals surface area contributed by atoms with Crippen LogP contribution in [0.15, 0.2) is 53.6 Å². The molecule has 0 aliphatic heterocycles. The molecule has 0 amide bonds. The van der Waals surface area contributed by atoms with Crippen LogP contribution in [0.1, 0.15) is 5.56 Å². The van der Waals surface area contributed by atoms with Crippen LogP contribution < -0.4 is 10.9 Å². The van der Waals surface area contributed by atoms with Crippen LogP contribution in [-0.2, 0) is 13.1 Å². The van der Waals surface area contributed by atoms with Crippen molar-refractivity contribution in [3.8, 4) is 0 Å². The molecule has 0 saturated carbocycles. The highest BCUT2D eigenvalue weighted by molar-refractivity contribution is 5.78. The van der Waals surface area contributed by atoms with Crippen LogP contribution in [0.25, 0.3) is 10.9 Å². The molecule has 5 heteroatoms. The number of hydrogen-bond acceptors (Lipinski definition) is 3. The summed E-state index contributed by atoms with van der Waals surface area (Å²) in [6, 6.07) is 11.6. The highest BCUT2D eigenvalue weighted by Gasteiger charge is 2.02. The predicted molar refractivity (Wildman–Crippen MR) is 78.5 cm³/mol. The molecule has 3 aromatic rings. The molecule has 1 aromatic carbocycles. The number of benzene rings is 1. The Balaban J connectivity index is 1.65. The second kappa shape index (κ2) is 5.71. The fraction of sp³-hybridized carbons (Fsp3) is 0.200.